The molecular formula is C10H19Cl2N3OS. The van der Waals surface area contributed by atoms with Crippen LogP contribution >= 0.6 is 36.2 Å². The summed E-state index contributed by atoms with van der Waals surface area (Å²) in [6.45, 7) is 3.63. The van der Waals surface area contributed by atoms with E-state index in [0.717, 1.165) is 36.8 Å². The predicted octanol–water partition coefficient (Wildman–Crippen LogP) is 1.67. The van der Waals surface area contributed by atoms with Crippen LogP contribution in [0.25, 0.3) is 0 Å². The number of thiazole rings is 1. The van der Waals surface area contributed by atoms with Crippen LogP contribution in [0.1, 0.15) is 17.1 Å². The first-order valence-electron chi connectivity index (χ1n) is 5.18. The first-order valence-corrected chi connectivity index (χ1v) is 6.06. The number of nitrogens with two attached hydrogens (primary N) is 1. The lowest BCUT2D eigenvalue weighted by Gasteiger charge is -2.12. The Kier molecular flexibility index (Phi) is 8.28. The van der Waals surface area contributed by atoms with Crippen LogP contribution in [-0.4, -0.2) is 36.1 Å². The smallest absolute Gasteiger partial charge is 0.119 e. The third kappa shape index (κ3) is 5.07. The molecule has 0 aliphatic carbocycles. The maximum Gasteiger partial charge on any atom is 0.119 e. The van der Waals surface area contributed by atoms with Crippen molar-refractivity contribution >= 4 is 36.2 Å². The number of nitrogens with zero attached hydrogens (tertiary/aromatic N) is 2. The summed E-state index contributed by atoms with van der Waals surface area (Å²) in [5.41, 5.74) is 6.99. The Bertz CT molecular complexity index is 324. The molecule has 0 bridgehead atoms. The number of hydrogen-bond acceptors (Lipinski definition) is 5. The number of aromatic nitrogens is 1. The van der Waals surface area contributed by atoms with E-state index in [9.17, 15) is 0 Å². The molecule has 0 saturated carbocycles. The molecule has 7 heteroatoms. The lowest BCUT2D eigenvalue weighted by Crippen LogP contribution is -2.26. The van der Waals surface area contributed by atoms with E-state index in [2.05, 4.69) is 15.3 Å². The topological polar surface area (TPSA) is 51.4 Å². The first-order chi connectivity index (χ1) is 7.28. The van der Waals surface area contributed by atoms with Gasteiger partial charge in [-0.3, -0.25) is 4.90 Å². The number of ether oxygens (including phenoxy) is 1. The van der Waals surface area contributed by atoms with Crippen molar-refractivity contribution in [3.05, 3.63) is 16.1 Å². The molecule has 1 saturated heterocycles. The minimum atomic E-state index is 0. The summed E-state index contributed by atoms with van der Waals surface area (Å²) in [4.78, 5) is 6.86. The molecule has 1 fully saturated rings. The molecule has 17 heavy (non-hydrogen) atoms. The molecule has 1 aromatic heterocycles. The maximum absolute atomic E-state index is 5.85. The molecule has 1 aliphatic heterocycles. The van der Waals surface area contributed by atoms with Crippen LogP contribution < -0.4 is 5.73 Å². The number of halogens is 2. The number of rotatable bonds is 4. The Labute approximate surface area is 118 Å². The molecule has 0 amide bonds. The van der Waals surface area contributed by atoms with Crippen molar-refractivity contribution in [1.82, 2.24) is 9.88 Å². The van der Waals surface area contributed by atoms with Gasteiger partial charge in [-0.2, -0.15) is 0 Å². The second kappa shape index (κ2) is 8.24. The Morgan fingerprint density at radius 3 is 2.94 bits per heavy atom. The van der Waals surface area contributed by atoms with E-state index in [-0.39, 0.29) is 24.8 Å². The molecular weight excluding hydrogens is 281 g/mol. The number of hydrogen-bond donors (Lipinski definition) is 1. The van der Waals surface area contributed by atoms with Gasteiger partial charge in [-0.15, -0.1) is 36.2 Å². The molecule has 2 N–H and O–H groups in total. The largest absolute Gasteiger partial charge is 0.378 e. The zero-order chi connectivity index (χ0) is 10.7. The maximum atomic E-state index is 5.85. The fourth-order valence-corrected chi connectivity index (χ4v) is 2.60. The highest BCUT2D eigenvalue weighted by molar-refractivity contribution is 7.09. The molecule has 2 heterocycles. The highest BCUT2D eigenvalue weighted by Gasteiger charge is 2.19. The van der Waals surface area contributed by atoms with E-state index in [4.69, 9.17) is 10.5 Å². The van der Waals surface area contributed by atoms with Crippen molar-refractivity contribution in [3.63, 3.8) is 0 Å². The molecule has 2 rings (SSSR count). The van der Waals surface area contributed by atoms with Crippen LogP contribution in [0.15, 0.2) is 5.38 Å². The quantitative estimate of drug-likeness (QED) is 0.919. The van der Waals surface area contributed by atoms with Gasteiger partial charge in [0.25, 0.3) is 0 Å². The van der Waals surface area contributed by atoms with E-state index in [0.29, 0.717) is 12.6 Å². The standard InChI is InChI=1S/C10H17N3OS.2ClH/c1-14-6-10-12-9(7-15-10)5-13-3-2-8(11)4-13;;/h7-8H,2-6,11H2,1H3;2*1H/t8-;;/m1../s1. The summed E-state index contributed by atoms with van der Waals surface area (Å²) in [7, 11) is 1.70. The third-order valence-corrected chi connectivity index (χ3v) is 3.43. The molecule has 0 aromatic carbocycles. The van der Waals surface area contributed by atoms with Gasteiger partial charge < -0.3 is 10.5 Å². The van der Waals surface area contributed by atoms with Crippen molar-refractivity contribution in [1.29, 1.82) is 0 Å². The van der Waals surface area contributed by atoms with Crippen molar-refractivity contribution in [3.8, 4) is 0 Å². The zero-order valence-electron chi connectivity index (χ0n) is 9.80. The molecule has 0 radical (unpaired) electrons. The van der Waals surface area contributed by atoms with Gasteiger partial charge in [-0.25, -0.2) is 4.98 Å². The van der Waals surface area contributed by atoms with Gasteiger partial charge in [0.1, 0.15) is 5.01 Å². The van der Waals surface area contributed by atoms with E-state index in [1.54, 1.807) is 18.4 Å². The van der Waals surface area contributed by atoms with Crippen LogP contribution in [0.5, 0.6) is 0 Å². The van der Waals surface area contributed by atoms with Gasteiger partial charge in [-0.1, -0.05) is 0 Å². The average molecular weight is 300 g/mol. The van der Waals surface area contributed by atoms with Crippen LogP contribution in [0.3, 0.4) is 0 Å². The van der Waals surface area contributed by atoms with Gasteiger partial charge in [0.2, 0.25) is 0 Å². The molecule has 0 unspecified atom stereocenters. The summed E-state index contributed by atoms with van der Waals surface area (Å²) in [5.74, 6) is 0. The van der Waals surface area contributed by atoms with E-state index < -0.39 is 0 Å². The minimum absolute atomic E-state index is 0. The van der Waals surface area contributed by atoms with Gasteiger partial charge in [-0.05, 0) is 6.42 Å². The Hall–Kier alpha value is 0.0900. The highest BCUT2D eigenvalue weighted by atomic mass is 35.5. The number of methoxy groups -OCH3 is 1. The highest BCUT2D eigenvalue weighted by Crippen LogP contribution is 2.15. The monoisotopic (exact) mass is 299 g/mol. The minimum Gasteiger partial charge on any atom is -0.378 e. The SMILES string of the molecule is COCc1nc(CN2CC[C@@H](N)C2)cs1.Cl.Cl. The van der Waals surface area contributed by atoms with Crippen LogP contribution in [-0.2, 0) is 17.9 Å². The van der Waals surface area contributed by atoms with E-state index in [1.807, 2.05) is 0 Å². The molecule has 0 spiro atoms. The molecule has 1 aliphatic rings. The summed E-state index contributed by atoms with van der Waals surface area (Å²) in [6.07, 6.45) is 1.11. The van der Waals surface area contributed by atoms with Gasteiger partial charge >= 0.3 is 0 Å². The van der Waals surface area contributed by atoms with Gasteiger partial charge in [0, 0.05) is 38.2 Å². The second-order valence-corrected chi connectivity index (χ2v) is 4.89. The fraction of sp³-hybridized carbons (Fsp3) is 0.700. The molecule has 1 aromatic rings. The van der Waals surface area contributed by atoms with Crippen molar-refractivity contribution in [2.45, 2.75) is 25.6 Å². The third-order valence-electron chi connectivity index (χ3n) is 2.56. The lowest BCUT2D eigenvalue weighted by molar-refractivity contribution is 0.184. The van der Waals surface area contributed by atoms with Crippen molar-refractivity contribution in [2.75, 3.05) is 20.2 Å². The Morgan fingerprint density at radius 2 is 2.35 bits per heavy atom. The predicted molar refractivity (Wildman–Crippen MR) is 75.2 cm³/mol. The summed E-state index contributed by atoms with van der Waals surface area (Å²) >= 11 is 1.66. The van der Waals surface area contributed by atoms with Crippen LogP contribution in [0.4, 0.5) is 0 Å². The zero-order valence-corrected chi connectivity index (χ0v) is 12.2. The van der Waals surface area contributed by atoms with E-state index in [1.165, 1.54) is 0 Å². The fourth-order valence-electron chi connectivity index (χ4n) is 1.85. The summed E-state index contributed by atoms with van der Waals surface area (Å²) < 4.78 is 5.04. The summed E-state index contributed by atoms with van der Waals surface area (Å²) in [5, 5.41) is 3.16. The number of likely N-dealkylation sites (tertiary alicyclic amines) is 1. The Morgan fingerprint density at radius 1 is 1.59 bits per heavy atom. The summed E-state index contributed by atoms with van der Waals surface area (Å²) in [6, 6.07) is 0.349. The van der Waals surface area contributed by atoms with Gasteiger partial charge in [0.05, 0.1) is 12.3 Å². The average Bonchev–Trinajstić information content (AvgIpc) is 2.78. The second-order valence-electron chi connectivity index (χ2n) is 3.95. The Balaban J connectivity index is 0.00000128. The molecule has 4 nitrogen and oxygen atoms in total. The lowest BCUT2D eigenvalue weighted by atomic mass is 10.3. The van der Waals surface area contributed by atoms with Crippen molar-refractivity contribution < 1.29 is 4.74 Å². The van der Waals surface area contributed by atoms with Crippen LogP contribution in [0.2, 0.25) is 0 Å². The van der Waals surface area contributed by atoms with Gasteiger partial charge in [0.15, 0.2) is 0 Å². The first kappa shape index (κ1) is 17.1. The molecule has 100 valence electrons. The van der Waals surface area contributed by atoms with Crippen molar-refractivity contribution in [2.24, 2.45) is 5.73 Å². The normalized spacial score (nSPS) is 19.8. The van der Waals surface area contributed by atoms with E-state index >= 15 is 0 Å². The van der Waals surface area contributed by atoms with Crippen LogP contribution in [0, 0.1) is 0 Å². The molecule has 1 atom stereocenters.